The third-order valence-corrected chi connectivity index (χ3v) is 3.65. The maximum absolute atomic E-state index is 11.5. The Bertz CT molecular complexity index is 605. The molecule has 7 heteroatoms. The minimum absolute atomic E-state index is 0.264. The number of hydrogen-bond acceptors (Lipinski definition) is 6. The fourth-order valence-electron chi connectivity index (χ4n) is 2.00. The van der Waals surface area contributed by atoms with Crippen molar-refractivity contribution < 1.29 is 9.21 Å². The molecule has 2 aromatic rings. The molecule has 0 aliphatic carbocycles. The summed E-state index contributed by atoms with van der Waals surface area (Å²) >= 11 is 1.64. The number of furan rings is 1. The Morgan fingerprint density at radius 1 is 1.50 bits per heavy atom. The molecule has 0 radical (unpaired) electrons. The fraction of sp³-hybridized carbons (Fsp3) is 0.385. The van der Waals surface area contributed by atoms with Crippen LogP contribution in [0.3, 0.4) is 0 Å². The average Bonchev–Trinajstić information content (AvgIpc) is 2.94. The third-order valence-electron chi connectivity index (χ3n) is 2.83. The Balaban J connectivity index is 2.01. The van der Waals surface area contributed by atoms with Gasteiger partial charge in [0.05, 0.1) is 17.2 Å². The highest BCUT2D eigenvalue weighted by Crippen LogP contribution is 2.17. The maximum atomic E-state index is 11.5. The number of nitrogens with zero attached hydrogens (tertiary/aromatic N) is 2. The quantitative estimate of drug-likeness (QED) is 0.497. The molecule has 6 nitrogen and oxygen atoms in total. The molecular formula is C13H18N4O2S. The monoisotopic (exact) mass is 294 g/mol. The Morgan fingerprint density at radius 3 is 2.85 bits per heavy atom. The van der Waals surface area contributed by atoms with Gasteiger partial charge in [0, 0.05) is 17.5 Å². The second kappa shape index (κ2) is 6.17. The first-order chi connectivity index (χ1) is 9.49. The zero-order valence-electron chi connectivity index (χ0n) is 11.8. The third kappa shape index (κ3) is 3.44. The highest BCUT2D eigenvalue weighted by Gasteiger charge is 2.15. The van der Waals surface area contributed by atoms with Gasteiger partial charge in [-0.25, -0.2) is 10.8 Å². The molecule has 0 fully saturated rings. The standard InChI is InChI=1S/C13H18N4O2S/c1-8-4-11(19-12(8)13(18)16-14)6-17(3)5-10-7-20-9(2)15-10/h4,7H,5-6,14H2,1-3H3,(H,16,18). The van der Waals surface area contributed by atoms with Crippen molar-refractivity contribution >= 4 is 17.2 Å². The van der Waals surface area contributed by atoms with Crippen molar-refractivity contribution in [2.45, 2.75) is 26.9 Å². The molecule has 2 rings (SSSR count). The number of hydrazine groups is 1. The fourth-order valence-corrected chi connectivity index (χ4v) is 2.60. The van der Waals surface area contributed by atoms with Gasteiger partial charge >= 0.3 is 5.91 Å². The second-order valence-electron chi connectivity index (χ2n) is 4.73. The normalized spacial score (nSPS) is 11.1. The second-order valence-corrected chi connectivity index (χ2v) is 5.79. The topological polar surface area (TPSA) is 84.4 Å². The first kappa shape index (κ1) is 14.7. The van der Waals surface area contributed by atoms with E-state index >= 15 is 0 Å². The molecule has 108 valence electrons. The molecule has 0 saturated carbocycles. The lowest BCUT2D eigenvalue weighted by atomic mass is 10.2. The van der Waals surface area contributed by atoms with Crippen molar-refractivity contribution in [2.24, 2.45) is 5.84 Å². The van der Waals surface area contributed by atoms with Gasteiger partial charge in [-0.2, -0.15) is 0 Å². The highest BCUT2D eigenvalue weighted by molar-refractivity contribution is 7.09. The number of amides is 1. The van der Waals surface area contributed by atoms with Crippen LogP contribution in [0.2, 0.25) is 0 Å². The van der Waals surface area contributed by atoms with Gasteiger partial charge in [-0.15, -0.1) is 11.3 Å². The molecule has 0 unspecified atom stereocenters. The van der Waals surface area contributed by atoms with E-state index in [0.29, 0.717) is 6.54 Å². The van der Waals surface area contributed by atoms with Gasteiger partial charge in [0.25, 0.3) is 0 Å². The number of carbonyl (C=O) groups is 1. The van der Waals surface area contributed by atoms with Gasteiger partial charge in [0.2, 0.25) is 0 Å². The van der Waals surface area contributed by atoms with Crippen molar-refractivity contribution in [2.75, 3.05) is 7.05 Å². The summed E-state index contributed by atoms with van der Waals surface area (Å²) in [6, 6.07) is 1.85. The predicted octanol–water partition coefficient (Wildman–Crippen LogP) is 1.59. The molecule has 20 heavy (non-hydrogen) atoms. The predicted molar refractivity (Wildman–Crippen MR) is 77.1 cm³/mol. The highest BCUT2D eigenvalue weighted by atomic mass is 32.1. The number of aryl methyl sites for hydroxylation is 2. The number of nitrogens with one attached hydrogen (secondary N) is 1. The van der Waals surface area contributed by atoms with Crippen LogP contribution in [0.1, 0.15) is 32.6 Å². The molecule has 0 atom stereocenters. The van der Waals surface area contributed by atoms with Crippen LogP contribution in [-0.4, -0.2) is 22.8 Å². The number of nitrogen functional groups attached to an aromatic ring is 1. The summed E-state index contributed by atoms with van der Waals surface area (Å²) in [6.45, 7) is 5.15. The first-order valence-corrected chi connectivity index (χ1v) is 7.07. The minimum atomic E-state index is -0.411. The molecule has 2 aromatic heterocycles. The molecule has 0 aliphatic heterocycles. The number of thiazole rings is 1. The van der Waals surface area contributed by atoms with E-state index in [-0.39, 0.29) is 5.76 Å². The van der Waals surface area contributed by atoms with Gasteiger partial charge < -0.3 is 4.42 Å². The zero-order valence-corrected chi connectivity index (χ0v) is 12.6. The van der Waals surface area contributed by atoms with Gasteiger partial charge in [-0.3, -0.25) is 15.1 Å². The van der Waals surface area contributed by atoms with Crippen LogP contribution in [0.15, 0.2) is 15.9 Å². The first-order valence-electron chi connectivity index (χ1n) is 6.19. The van der Waals surface area contributed by atoms with Gasteiger partial charge in [-0.1, -0.05) is 0 Å². The summed E-state index contributed by atoms with van der Waals surface area (Å²) in [5.74, 6) is 5.70. The summed E-state index contributed by atoms with van der Waals surface area (Å²) in [6.07, 6.45) is 0. The maximum Gasteiger partial charge on any atom is 0.301 e. The number of aromatic nitrogens is 1. The van der Waals surface area contributed by atoms with E-state index in [4.69, 9.17) is 10.3 Å². The van der Waals surface area contributed by atoms with E-state index in [9.17, 15) is 4.79 Å². The van der Waals surface area contributed by atoms with E-state index in [2.05, 4.69) is 15.3 Å². The molecule has 3 N–H and O–H groups in total. The van der Waals surface area contributed by atoms with E-state index in [0.717, 1.165) is 28.6 Å². The van der Waals surface area contributed by atoms with Crippen LogP contribution in [0.5, 0.6) is 0 Å². The molecule has 0 aromatic carbocycles. The molecular weight excluding hydrogens is 276 g/mol. The smallest absolute Gasteiger partial charge is 0.301 e. The van der Waals surface area contributed by atoms with Crippen molar-refractivity contribution in [1.82, 2.24) is 15.3 Å². The van der Waals surface area contributed by atoms with Gasteiger partial charge in [-0.05, 0) is 27.0 Å². The zero-order chi connectivity index (χ0) is 14.7. The number of rotatable bonds is 5. The summed E-state index contributed by atoms with van der Waals surface area (Å²) in [5, 5.41) is 3.11. The van der Waals surface area contributed by atoms with Crippen LogP contribution in [-0.2, 0) is 13.1 Å². The lowest BCUT2D eigenvalue weighted by molar-refractivity contribution is 0.0921. The van der Waals surface area contributed by atoms with Crippen molar-refractivity contribution in [3.63, 3.8) is 0 Å². The average molecular weight is 294 g/mol. The van der Waals surface area contributed by atoms with Crippen LogP contribution in [0.25, 0.3) is 0 Å². The van der Waals surface area contributed by atoms with Crippen molar-refractivity contribution in [3.05, 3.63) is 39.2 Å². The van der Waals surface area contributed by atoms with Crippen LogP contribution >= 0.6 is 11.3 Å². The molecule has 0 bridgehead atoms. The van der Waals surface area contributed by atoms with E-state index < -0.39 is 5.91 Å². The molecule has 0 aliphatic rings. The summed E-state index contributed by atoms with van der Waals surface area (Å²) in [4.78, 5) is 18.0. The summed E-state index contributed by atoms with van der Waals surface area (Å²) < 4.78 is 5.53. The Hall–Kier alpha value is -1.70. The Kier molecular flexibility index (Phi) is 4.53. The van der Waals surface area contributed by atoms with Crippen LogP contribution in [0.4, 0.5) is 0 Å². The molecule has 0 saturated heterocycles. The Labute approximate surface area is 121 Å². The van der Waals surface area contributed by atoms with E-state index in [1.165, 1.54) is 0 Å². The van der Waals surface area contributed by atoms with Crippen LogP contribution in [0, 0.1) is 13.8 Å². The Morgan fingerprint density at radius 2 is 2.25 bits per heavy atom. The molecule has 1 amide bonds. The summed E-state index contributed by atoms with van der Waals surface area (Å²) in [5.41, 5.74) is 3.89. The van der Waals surface area contributed by atoms with Crippen molar-refractivity contribution in [1.29, 1.82) is 0 Å². The lowest BCUT2D eigenvalue weighted by Gasteiger charge is -2.13. The van der Waals surface area contributed by atoms with E-state index in [1.54, 1.807) is 11.3 Å². The number of hydrogen-bond donors (Lipinski definition) is 2. The molecule has 0 spiro atoms. The number of carbonyl (C=O) groups excluding carboxylic acids is 1. The number of nitrogens with two attached hydrogens (primary N) is 1. The van der Waals surface area contributed by atoms with Gasteiger partial charge in [0.15, 0.2) is 5.76 Å². The largest absolute Gasteiger partial charge is 0.454 e. The van der Waals surface area contributed by atoms with Crippen LogP contribution < -0.4 is 11.3 Å². The van der Waals surface area contributed by atoms with E-state index in [1.807, 2.05) is 32.3 Å². The van der Waals surface area contributed by atoms with Crippen molar-refractivity contribution in [3.8, 4) is 0 Å². The molecule has 2 heterocycles. The minimum Gasteiger partial charge on any atom is -0.454 e. The lowest BCUT2D eigenvalue weighted by Crippen LogP contribution is -2.30. The van der Waals surface area contributed by atoms with Gasteiger partial charge in [0.1, 0.15) is 5.76 Å². The summed E-state index contributed by atoms with van der Waals surface area (Å²) in [7, 11) is 1.98. The SMILES string of the molecule is Cc1nc(CN(C)Cc2cc(C)c(C(=O)NN)o2)cs1.